The molecule has 2 heterocycles. The van der Waals surface area contributed by atoms with Crippen molar-refractivity contribution in [3.63, 3.8) is 0 Å². The Morgan fingerprint density at radius 3 is 2.06 bits per heavy atom. The summed E-state index contributed by atoms with van der Waals surface area (Å²) in [6.45, 7) is 4.28. The number of rotatable bonds is 3. The first-order valence-electron chi connectivity index (χ1n) is 11.7. The minimum Gasteiger partial charge on any atom is -0.454 e. The standard InChI is InChI=1S/C32H26NO/c1-21-12-19-29(33(3)20-21)30-22(2)13-18-28-27-11-7-10-26(31(27)34-32(28)30)25-16-14-24(15-17-25)23-8-5-4-6-9-23/h4-20H,1-3H3/q+1. The predicted octanol–water partition coefficient (Wildman–Crippen LogP) is 8.03. The zero-order valence-electron chi connectivity index (χ0n) is 19.7. The number of fused-ring (bicyclic) bond motifs is 3. The summed E-state index contributed by atoms with van der Waals surface area (Å²) in [7, 11) is 2.10. The minimum absolute atomic E-state index is 0.937. The monoisotopic (exact) mass is 440 g/mol. The summed E-state index contributed by atoms with van der Waals surface area (Å²) in [6.07, 6.45) is 2.16. The van der Waals surface area contributed by atoms with Crippen molar-refractivity contribution in [2.45, 2.75) is 13.8 Å². The third-order valence-electron chi connectivity index (χ3n) is 6.72. The average Bonchev–Trinajstić information content (AvgIpc) is 3.24. The molecule has 0 aliphatic rings. The van der Waals surface area contributed by atoms with Crippen LogP contribution in [-0.2, 0) is 7.05 Å². The average molecular weight is 441 g/mol. The van der Waals surface area contributed by atoms with Crippen LogP contribution in [0.4, 0.5) is 0 Å². The number of nitrogens with zero attached hydrogens (tertiary/aromatic N) is 1. The van der Waals surface area contributed by atoms with Crippen LogP contribution in [0.15, 0.2) is 108 Å². The van der Waals surface area contributed by atoms with Crippen molar-refractivity contribution < 1.29 is 8.98 Å². The summed E-state index contributed by atoms with van der Waals surface area (Å²) < 4.78 is 8.88. The highest BCUT2D eigenvalue weighted by Gasteiger charge is 2.21. The first-order chi connectivity index (χ1) is 16.6. The Balaban J connectivity index is 1.55. The molecule has 0 aliphatic heterocycles. The van der Waals surface area contributed by atoms with Crippen LogP contribution in [0.5, 0.6) is 0 Å². The maximum Gasteiger partial charge on any atom is 0.216 e. The van der Waals surface area contributed by atoms with E-state index in [4.69, 9.17) is 4.42 Å². The summed E-state index contributed by atoms with van der Waals surface area (Å²) in [5.41, 5.74) is 11.3. The summed E-state index contributed by atoms with van der Waals surface area (Å²) >= 11 is 0. The minimum atomic E-state index is 0.937. The number of benzene rings is 4. The normalized spacial score (nSPS) is 11.4. The van der Waals surface area contributed by atoms with Gasteiger partial charge in [-0.25, -0.2) is 4.57 Å². The van der Waals surface area contributed by atoms with Gasteiger partial charge in [0.2, 0.25) is 5.69 Å². The molecule has 2 nitrogen and oxygen atoms in total. The predicted molar refractivity (Wildman–Crippen MR) is 141 cm³/mol. The van der Waals surface area contributed by atoms with Gasteiger partial charge in [0.1, 0.15) is 18.2 Å². The third-order valence-corrected chi connectivity index (χ3v) is 6.72. The number of hydrogen-bond acceptors (Lipinski definition) is 1. The second-order valence-corrected chi connectivity index (χ2v) is 9.06. The zero-order chi connectivity index (χ0) is 23.2. The van der Waals surface area contributed by atoms with Gasteiger partial charge in [0, 0.05) is 28.0 Å². The van der Waals surface area contributed by atoms with Crippen molar-refractivity contribution in [3.8, 4) is 33.5 Å². The van der Waals surface area contributed by atoms with E-state index in [1.165, 1.54) is 22.3 Å². The molecule has 6 aromatic rings. The number of para-hydroxylation sites is 1. The molecule has 4 aromatic carbocycles. The molecule has 0 N–H and O–H groups in total. The SMILES string of the molecule is Cc1ccc(-c2c(C)ccc3c2oc2c(-c4ccc(-c5ccccc5)cc4)cccc23)[n+](C)c1. The molecule has 0 aliphatic carbocycles. The topological polar surface area (TPSA) is 17.0 Å². The van der Waals surface area contributed by atoms with Crippen molar-refractivity contribution in [1.29, 1.82) is 0 Å². The Hall–Kier alpha value is -4.17. The van der Waals surface area contributed by atoms with Crippen molar-refractivity contribution in [3.05, 3.63) is 114 Å². The van der Waals surface area contributed by atoms with E-state index in [1.54, 1.807) is 0 Å². The van der Waals surface area contributed by atoms with Gasteiger partial charge in [0.25, 0.3) is 0 Å². The molecular formula is C32H26NO+. The molecule has 2 aromatic heterocycles. The fraction of sp³-hybridized carbons (Fsp3) is 0.0938. The highest BCUT2D eigenvalue weighted by molar-refractivity contribution is 6.13. The number of aromatic nitrogens is 1. The van der Waals surface area contributed by atoms with Crippen molar-refractivity contribution >= 4 is 21.9 Å². The van der Waals surface area contributed by atoms with Crippen LogP contribution in [0.25, 0.3) is 55.4 Å². The summed E-state index contributed by atoms with van der Waals surface area (Å²) in [4.78, 5) is 0. The lowest BCUT2D eigenvalue weighted by Crippen LogP contribution is -2.31. The van der Waals surface area contributed by atoms with Crippen LogP contribution in [-0.4, -0.2) is 0 Å². The molecule has 0 saturated carbocycles. The number of pyridine rings is 1. The lowest BCUT2D eigenvalue weighted by atomic mass is 9.97. The maximum atomic E-state index is 6.69. The van der Waals surface area contributed by atoms with Gasteiger partial charge in [-0.3, -0.25) is 0 Å². The largest absolute Gasteiger partial charge is 0.454 e. The van der Waals surface area contributed by atoms with E-state index in [0.717, 1.165) is 44.3 Å². The Morgan fingerprint density at radius 1 is 0.588 bits per heavy atom. The zero-order valence-corrected chi connectivity index (χ0v) is 19.7. The van der Waals surface area contributed by atoms with E-state index in [0.29, 0.717) is 0 Å². The molecule has 0 atom stereocenters. The lowest BCUT2D eigenvalue weighted by molar-refractivity contribution is -0.660. The van der Waals surface area contributed by atoms with E-state index in [1.807, 2.05) is 6.07 Å². The van der Waals surface area contributed by atoms with Gasteiger partial charge in [-0.1, -0.05) is 84.9 Å². The molecule has 6 rings (SSSR count). The van der Waals surface area contributed by atoms with Crippen LogP contribution in [0, 0.1) is 13.8 Å². The maximum absolute atomic E-state index is 6.69. The fourth-order valence-electron chi connectivity index (χ4n) is 4.98. The van der Waals surface area contributed by atoms with Gasteiger partial charge in [0.15, 0.2) is 6.20 Å². The molecule has 0 radical (unpaired) electrons. The molecule has 164 valence electrons. The van der Waals surface area contributed by atoms with Crippen LogP contribution in [0.3, 0.4) is 0 Å². The van der Waals surface area contributed by atoms with E-state index in [2.05, 4.69) is 123 Å². The number of hydrogen-bond donors (Lipinski definition) is 0. The first-order valence-corrected chi connectivity index (χ1v) is 11.7. The number of furan rings is 1. The second-order valence-electron chi connectivity index (χ2n) is 9.06. The summed E-state index contributed by atoms with van der Waals surface area (Å²) in [6, 6.07) is 34.4. The first kappa shape index (κ1) is 20.4. The molecule has 2 heteroatoms. The van der Waals surface area contributed by atoms with Crippen molar-refractivity contribution in [2.75, 3.05) is 0 Å². The van der Waals surface area contributed by atoms with Crippen molar-refractivity contribution in [2.24, 2.45) is 7.05 Å². The van der Waals surface area contributed by atoms with Crippen LogP contribution in [0.2, 0.25) is 0 Å². The fourth-order valence-corrected chi connectivity index (χ4v) is 4.98. The smallest absolute Gasteiger partial charge is 0.216 e. The molecule has 0 unspecified atom stereocenters. The summed E-state index contributed by atoms with van der Waals surface area (Å²) in [5, 5.41) is 2.30. The van der Waals surface area contributed by atoms with E-state index in [9.17, 15) is 0 Å². The van der Waals surface area contributed by atoms with Gasteiger partial charge in [-0.2, -0.15) is 0 Å². The van der Waals surface area contributed by atoms with Gasteiger partial charge in [0.05, 0.1) is 5.56 Å². The van der Waals surface area contributed by atoms with Gasteiger partial charge < -0.3 is 4.42 Å². The quantitative estimate of drug-likeness (QED) is 0.255. The van der Waals surface area contributed by atoms with Crippen LogP contribution in [0.1, 0.15) is 11.1 Å². The molecule has 0 spiro atoms. The Kier molecular flexibility index (Phi) is 4.81. The highest BCUT2D eigenvalue weighted by atomic mass is 16.3. The van der Waals surface area contributed by atoms with E-state index in [-0.39, 0.29) is 0 Å². The Morgan fingerprint density at radius 2 is 1.29 bits per heavy atom. The molecular weight excluding hydrogens is 414 g/mol. The molecule has 0 bridgehead atoms. The number of aryl methyl sites for hydroxylation is 3. The van der Waals surface area contributed by atoms with Crippen LogP contribution < -0.4 is 4.57 Å². The molecule has 0 fully saturated rings. The van der Waals surface area contributed by atoms with Gasteiger partial charge in [-0.05, 0) is 42.2 Å². The van der Waals surface area contributed by atoms with E-state index >= 15 is 0 Å². The molecule has 0 saturated heterocycles. The second kappa shape index (κ2) is 8.00. The Bertz CT molecular complexity index is 1660. The van der Waals surface area contributed by atoms with Crippen LogP contribution >= 0.6 is 0 Å². The lowest BCUT2D eigenvalue weighted by Gasteiger charge is -2.06. The summed E-state index contributed by atoms with van der Waals surface area (Å²) in [5.74, 6) is 0. The van der Waals surface area contributed by atoms with E-state index < -0.39 is 0 Å². The molecule has 0 amide bonds. The van der Waals surface area contributed by atoms with Gasteiger partial charge in [-0.15, -0.1) is 0 Å². The molecule has 34 heavy (non-hydrogen) atoms. The third kappa shape index (κ3) is 3.31. The van der Waals surface area contributed by atoms with Gasteiger partial charge >= 0.3 is 0 Å². The highest BCUT2D eigenvalue weighted by Crippen LogP contribution is 2.40. The Labute approximate surface area is 199 Å². The van der Waals surface area contributed by atoms with Crippen molar-refractivity contribution in [1.82, 2.24) is 0 Å².